The largest absolute Gasteiger partial charge is 0.309 e. The molecule has 3 amide bonds. The van der Waals surface area contributed by atoms with Crippen LogP contribution < -0.4 is 10.2 Å². The highest BCUT2D eigenvalue weighted by Crippen LogP contribution is 2.57. The van der Waals surface area contributed by atoms with Crippen LogP contribution in [0.2, 0.25) is 5.02 Å². The molecule has 1 aromatic rings. The van der Waals surface area contributed by atoms with Gasteiger partial charge in [0.05, 0.1) is 5.69 Å². The van der Waals surface area contributed by atoms with Gasteiger partial charge in [-0.05, 0) is 37.2 Å². The van der Waals surface area contributed by atoms with Crippen molar-refractivity contribution in [3.05, 3.63) is 28.3 Å². The first-order chi connectivity index (χ1) is 11.7. The van der Waals surface area contributed by atoms with E-state index in [0.29, 0.717) is 22.8 Å². The van der Waals surface area contributed by atoms with Crippen LogP contribution in [0, 0.1) is 6.92 Å². The summed E-state index contributed by atoms with van der Waals surface area (Å²) < 4.78 is 0. The summed E-state index contributed by atoms with van der Waals surface area (Å²) in [5.41, 5.74) is 2.10. The van der Waals surface area contributed by atoms with Gasteiger partial charge < -0.3 is 10.2 Å². The molecule has 2 aliphatic heterocycles. The topological polar surface area (TPSA) is 82.1 Å². The van der Waals surface area contributed by atoms with Crippen LogP contribution >= 0.6 is 23.4 Å². The molecule has 0 fully saturated rings. The number of rotatable bonds is 1. The molecule has 1 spiro atoms. The van der Waals surface area contributed by atoms with Gasteiger partial charge in [-0.1, -0.05) is 17.7 Å². The van der Waals surface area contributed by atoms with Gasteiger partial charge in [0, 0.05) is 31.0 Å². The smallest absolute Gasteiger partial charge is 0.270 e. The van der Waals surface area contributed by atoms with Gasteiger partial charge in [-0.15, -0.1) is 5.10 Å². The van der Waals surface area contributed by atoms with E-state index in [1.54, 1.807) is 11.0 Å². The number of nitrogens with one attached hydrogen (secondary N) is 1. The predicted molar refractivity (Wildman–Crippen MR) is 97.3 cm³/mol. The molecular weight excluding hydrogens is 364 g/mol. The molecule has 0 bridgehead atoms. The molecule has 0 saturated carbocycles. The summed E-state index contributed by atoms with van der Waals surface area (Å²) in [5, 5.41) is 8.43. The molecule has 0 aromatic heterocycles. The third kappa shape index (κ3) is 2.43. The normalized spacial score (nSPS) is 21.6. The lowest BCUT2D eigenvalue weighted by Gasteiger charge is -2.29. The summed E-state index contributed by atoms with van der Waals surface area (Å²) in [6.45, 7) is 6.84. The van der Waals surface area contributed by atoms with Gasteiger partial charge in [0.1, 0.15) is 0 Å². The average molecular weight is 381 g/mol. The highest BCUT2D eigenvalue weighted by Gasteiger charge is 2.62. The fourth-order valence-electron chi connectivity index (χ4n) is 3.18. The molecule has 1 N–H and O–H groups in total. The number of carbonyl (C=O) groups is 3. The van der Waals surface area contributed by atoms with Gasteiger partial charge >= 0.3 is 0 Å². The summed E-state index contributed by atoms with van der Waals surface area (Å²) >= 11 is 7.48. The Morgan fingerprint density at radius 2 is 2.04 bits per heavy atom. The third-order valence-corrected chi connectivity index (χ3v) is 5.64. The number of nitrogens with zero attached hydrogens (tertiary/aromatic N) is 3. The van der Waals surface area contributed by atoms with Crippen molar-refractivity contribution < 1.29 is 14.4 Å². The Morgan fingerprint density at radius 1 is 1.36 bits per heavy atom. The second-order valence-corrected chi connectivity index (χ2v) is 7.39. The highest BCUT2D eigenvalue weighted by molar-refractivity contribution is 8.15. The van der Waals surface area contributed by atoms with Crippen LogP contribution in [0.1, 0.15) is 31.9 Å². The number of carbonyl (C=O) groups excluding carboxylic acids is 3. The molecule has 3 rings (SSSR count). The van der Waals surface area contributed by atoms with Crippen molar-refractivity contribution in [3.63, 3.8) is 0 Å². The Hall–Kier alpha value is -2.06. The number of hydrogen-bond acceptors (Lipinski definition) is 5. The summed E-state index contributed by atoms with van der Waals surface area (Å²) in [6, 6.07) is 3.54. The number of fused-ring (bicyclic) bond motifs is 2. The fourth-order valence-corrected chi connectivity index (χ4v) is 4.89. The van der Waals surface area contributed by atoms with E-state index in [9.17, 15) is 14.4 Å². The van der Waals surface area contributed by atoms with E-state index >= 15 is 0 Å². The van der Waals surface area contributed by atoms with Gasteiger partial charge in [0.25, 0.3) is 5.91 Å². The maximum absolute atomic E-state index is 13.3. The average Bonchev–Trinajstić information content (AvgIpc) is 3.01. The van der Waals surface area contributed by atoms with Crippen molar-refractivity contribution in [2.75, 3.05) is 11.4 Å². The minimum Gasteiger partial charge on any atom is -0.309 e. The monoisotopic (exact) mass is 380 g/mol. The van der Waals surface area contributed by atoms with Gasteiger partial charge in [-0.3, -0.25) is 14.4 Å². The van der Waals surface area contributed by atoms with Crippen molar-refractivity contribution in [1.29, 1.82) is 0 Å². The van der Waals surface area contributed by atoms with Crippen LogP contribution in [-0.2, 0) is 19.3 Å². The molecule has 2 heterocycles. The number of thioether (sulfide) groups is 1. The SMILES string of the molecule is CCN1C(=O)[C@]2(SC(NC(C)=O)=NN2C(C)=O)c2c(Cl)ccc(C)c21. The van der Waals surface area contributed by atoms with Crippen molar-refractivity contribution in [2.24, 2.45) is 5.10 Å². The molecule has 25 heavy (non-hydrogen) atoms. The Morgan fingerprint density at radius 3 is 2.60 bits per heavy atom. The first-order valence-corrected chi connectivity index (χ1v) is 8.91. The molecule has 9 heteroatoms. The van der Waals surface area contributed by atoms with Crippen molar-refractivity contribution >= 4 is 51.9 Å². The second-order valence-electron chi connectivity index (χ2n) is 5.80. The Balaban J connectivity index is 2.26. The van der Waals surface area contributed by atoms with Crippen LogP contribution in [-0.4, -0.2) is 34.4 Å². The lowest BCUT2D eigenvalue weighted by Crippen LogP contribution is -2.48. The maximum atomic E-state index is 13.3. The number of amidine groups is 1. The van der Waals surface area contributed by atoms with Crippen LogP contribution in [0.3, 0.4) is 0 Å². The molecule has 2 aliphatic rings. The summed E-state index contributed by atoms with van der Waals surface area (Å²) in [5.74, 6) is -1.05. The van der Waals surface area contributed by atoms with E-state index in [2.05, 4.69) is 10.4 Å². The zero-order valence-electron chi connectivity index (χ0n) is 14.2. The van der Waals surface area contributed by atoms with E-state index in [4.69, 9.17) is 11.6 Å². The fraction of sp³-hybridized carbons (Fsp3) is 0.375. The number of likely N-dealkylation sites (N-methyl/N-ethyl adjacent to an activating group) is 1. The number of hydrogen-bond donors (Lipinski definition) is 1. The lowest BCUT2D eigenvalue weighted by molar-refractivity contribution is -0.139. The molecular formula is C16H17ClN4O3S. The van der Waals surface area contributed by atoms with Gasteiger partial charge in [0.2, 0.25) is 16.7 Å². The van der Waals surface area contributed by atoms with Crippen molar-refractivity contribution in [1.82, 2.24) is 10.3 Å². The molecule has 7 nitrogen and oxygen atoms in total. The zero-order chi connectivity index (χ0) is 18.5. The maximum Gasteiger partial charge on any atom is 0.270 e. The van der Waals surface area contributed by atoms with Gasteiger partial charge in [-0.2, -0.15) is 5.01 Å². The molecule has 0 unspecified atom stereocenters. The summed E-state index contributed by atoms with van der Waals surface area (Å²) in [6.07, 6.45) is 0. The third-order valence-electron chi connectivity index (χ3n) is 4.10. The van der Waals surface area contributed by atoms with Crippen LogP contribution in [0.15, 0.2) is 17.2 Å². The lowest BCUT2D eigenvalue weighted by atomic mass is 10.0. The molecule has 0 saturated heterocycles. The van der Waals surface area contributed by atoms with Crippen LogP contribution in [0.4, 0.5) is 5.69 Å². The number of hydrazone groups is 1. The number of anilines is 1. The molecule has 1 atom stereocenters. The second kappa shape index (κ2) is 6.03. The predicted octanol–water partition coefficient (Wildman–Crippen LogP) is 2.17. The zero-order valence-corrected chi connectivity index (χ0v) is 15.8. The van der Waals surface area contributed by atoms with E-state index in [0.717, 1.165) is 22.3 Å². The van der Waals surface area contributed by atoms with Crippen LogP contribution in [0.25, 0.3) is 0 Å². The van der Waals surface area contributed by atoms with E-state index in [1.165, 1.54) is 13.8 Å². The van der Waals surface area contributed by atoms with Crippen molar-refractivity contribution in [2.45, 2.75) is 32.6 Å². The van der Waals surface area contributed by atoms with E-state index < -0.39 is 10.8 Å². The first kappa shape index (κ1) is 17.8. The number of amides is 3. The van der Waals surface area contributed by atoms with Gasteiger partial charge in [0.15, 0.2) is 5.17 Å². The van der Waals surface area contributed by atoms with Crippen LogP contribution in [0.5, 0.6) is 0 Å². The number of halogens is 1. The van der Waals surface area contributed by atoms with E-state index in [-0.39, 0.29) is 17.0 Å². The molecule has 0 aliphatic carbocycles. The van der Waals surface area contributed by atoms with Gasteiger partial charge in [-0.25, -0.2) is 0 Å². The summed E-state index contributed by atoms with van der Waals surface area (Å²) in [4.78, 5) is 37.2. The first-order valence-electron chi connectivity index (χ1n) is 7.71. The minimum absolute atomic E-state index is 0.192. The van der Waals surface area contributed by atoms with Crippen molar-refractivity contribution in [3.8, 4) is 0 Å². The van der Waals surface area contributed by atoms with E-state index in [1.807, 2.05) is 19.9 Å². The molecule has 0 radical (unpaired) electrons. The Labute approximate surface area is 154 Å². The minimum atomic E-state index is -1.43. The Bertz CT molecular complexity index is 841. The Kier molecular flexibility index (Phi) is 4.28. The number of aryl methyl sites for hydroxylation is 1. The molecule has 132 valence electrons. The summed E-state index contributed by atoms with van der Waals surface area (Å²) in [7, 11) is 0. The quantitative estimate of drug-likeness (QED) is 0.809. The highest BCUT2D eigenvalue weighted by atomic mass is 35.5. The standard InChI is InChI=1S/C16H17ClN4O3S/c1-5-20-13-8(2)6-7-11(17)12(13)16(14(20)24)21(10(4)23)19-15(25-16)18-9(3)22/h6-7H,5H2,1-4H3,(H,18,19,22)/t16-/m1/s1. The number of benzene rings is 1. The molecule has 1 aromatic carbocycles.